The molecule has 2 rings (SSSR count). The molecule has 1 aliphatic rings. The van der Waals surface area contributed by atoms with E-state index < -0.39 is 0 Å². The minimum absolute atomic E-state index is 0.0210. The number of amides is 1. The summed E-state index contributed by atoms with van der Waals surface area (Å²) >= 11 is 0. The number of benzene rings is 1. The zero-order chi connectivity index (χ0) is 12.1. The van der Waals surface area contributed by atoms with Crippen LogP contribution in [0.1, 0.15) is 0 Å². The lowest BCUT2D eigenvalue weighted by molar-refractivity contribution is -0.685. The summed E-state index contributed by atoms with van der Waals surface area (Å²) in [6.45, 7) is 3.30. The summed E-state index contributed by atoms with van der Waals surface area (Å²) in [5.74, 6) is 3.25. The van der Waals surface area contributed by atoms with Crippen molar-refractivity contribution in [3.05, 3.63) is 30.3 Å². The van der Waals surface area contributed by atoms with Crippen molar-refractivity contribution in [3.63, 3.8) is 0 Å². The summed E-state index contributed by atoms with van der Waals surface area (Å²) in [7, 11) is 0. The molecule has 1 amide bonds. The van der Waals surface area contributed by atoms with E-state index in [9.17, 15) is 4.79 Å². The number of nitrogens with zero attached hydrogens (tertiary/aromatic N) is 2. The molecule has 1 fully saturated rings. The molecule has 0 atom stereocenters. The molecule has 0 unspecified atom stereocenters. The fraction of sp³-hybridized carbons (Fsp3) is 0.417. The zero-order valence-electron chi connectivity index (χ0n) is 9.84. The summed E-state index contributed by atoms with van der Waals surface area (Å²) in [4.78, 5) is 20.3. The van der Waals surface area contributed by atoms with Crippen LogP contribution in [0, 0.1) is 0 Å². The van der Waals surface area contributed by atoms with Crippen molar-refractivity contribution in [2.24, 2.45) is 0 Å². The maximum atomic E-state index is 11.6. The minimum atomic E-state index is 0.0210. The smallest absolute Gasteiger partial charge is 0.255 e. The molecule has 1 aliphatic heterocycles. The second-order valence-electron chi connectivity index (χ2n) is 4.05. The molecule has 1 aromatic carbocycles. The average molecular weight is 236 g/mol. The standard InChI is InChI=1S/C12H18N3O2/c13-17-10-12(16)15-8-6-14(7-9-15)11-4-2-1-3-5-11/h1-5H,6-10H2,13H3/q+1. The molecule has 0 bridgehead atoms. The van der Waals surface area contributed by atoms with Crippen LogP contribution in [0.25, 0.3) is 0 Å². The summed E-state index contributed by atoms with van der Waals surface area (Å²) in [6, 6.07) is 10.3. The van der Waals surface area contributed by atoms with Crippen molar-refractivity contribution in [2.75, 3.05) is 37.7 Å². The Labute approximate surface area is 101 Å². The molecular weight excluding hydrogens is 218 g/mol. The molecule has 0 aromatic heterocycles. The maximum absolute atomic E-state index is 11.6. The fourth-order valence-electron chi connectivity index (χ4n) is 2.03. The number of para-hydroxylation sites is 1. The number of hydrogen-bond acceptors (Lipinski definition) is 3. The Morgan fingerprint density at radius 3 is 2.41 bits per heavy atom. The van der Waals surface area contributed by atoms with E-state index in [1.807, 2.05) is 23.1 Å². The third kappa shape index (κ3) is 2.95. The van der Waals surface area contributed by atoms with E-state index in [1.54, 1.807) is 0 Å². The predicted octanol–water partition coefficient (Wildman–Crippen LogP) is -0.491. The molecule has 0 aliphatic carbocycles. The Bertz CT molecular complexity index is 361. The van der Waals surface area contributed by atoms with Gasteiger partial charge in [-0.15, -0.1) is 0 Å². The van der Waals surface area contributed by atoms with Gasteiger partial charge in [-0.2, -0.15) is 4.84 Å². The Kier molecular flexibility index (Phi) is 3.95. The number of hydrogen-bond donors (Lipinski definition) is 1. The van der Waals surface area contributed by atoms with Crippen LogP contribution in [-0.4, -0.2) is 43.6 Å². The van der Waals surface area contributed by atoms with Gasteiger partial charge in [-0.3, -0.25) is 4.79 Å². The highest BCUT2D eigenvalue weighted by Crippen LogP contribution is 2.15. The van der Waals surface area contributed by atoms with E-state index in [-0.39, 0.29) is 12.5 Å². The normalized spacial score (nSPS) is 16.1. The van der Waals surface area contributed by atoms with E-state index >= 15 is 0 Å². The van der Waals surface area contributed by atoms with Crippen molar-refractivity contribution in [2.45, 2.75) is 0 Å². The topological polar surface area (TPSA) is 60.4 Å². The minimum Gasteiger partial charge on any atom is -0.368 e. The molecule has 0 radical (unpaired) electrons. The second-order valence-corrected chi connectivity index (χ2v) is 4.05. The molecule has 92 valence electrons. The summed E-state index contributed by atoms with van der Waals surface area (Å²) < 4.78 is 0. The lowest BCUT2D eigenvalue weighted by atomic mass is 10.2. The molecule has 3 N–H and O–H groups in total. The third-order valence-electron chi connectivity index (χ3n) is 2.98. The first-order chi connectivity index (χ1) is 8.31. The molecule has 17 heavy (non-hydrogen) atoms. The fourth-order valence-corrected chi connectivity index (χ4v) is 2.03. The molecular formula is C12H18N3O2+. The molecule has 0 spiro atoms. The van der Waals surface area contributed by atoms with Crippen LogP contribution in [0.15, 0.2) is 30.3 Å². The average Bonchev–Trinajstić information content (AvgIpc) is 2.40. The monoisotopic (exact) mass is 236 g/mol. The van der Waals surface area contributed by atoms with Gasteiger partial charge in [-0.1, -0.05) is 18.2 Å². The number of carbonyl (C=O) groups excluding carboxylic acids is 1. The van der Waals surface area contributed by atoms with E-state index in [2.05, 4.69) is 27.8 Å². The lowest BCUT2D eigenvalue weighted by Gasteiger charge is -2.35. The van der Waals surface area contributed by atoms with Crippen LogP contribution in [0.2, 0.25) is 0 Å². The van der Waals surface area contributed by atoms with Gasteiger partial charge in [0.05, 0.1) is 0 Å². The van der Waals surface area contributed by atoms with Gasteiger partial charge in [0.1, 0.15) is 0 Å². The van der Waals surface area contributed by atoms with Crippen molar-refractivity contribution >= 4 is 11.6 Å². The Morgan fingerprint density at radius 1 is 1.18 bits per heavy atom. The predicted molar refractivity (Wildman–Crippen MR) is 64.1 cm³/mol. The van der Waals surface area contributed by atoms with Crippen LogP contribution in [0.5, 0.6) is 0 Å². The van der Waals surface area contributed by atoms with Crippen LogP contribution in [0.3, 0.4) is 0 Å². The van der Waals surface area contributed by atoms with Crippen molar-refractivity contribution < 1.29 is 15.5 Å². The van der Waals surface area contributed by atoms with Crippen LogP contribution >= 0.6 is 0 Å². The zero-order valence-corrected chi connectivity index (χ0v) is 9.84. The molecule has 1 heterocycles. The Hall–Kier alpha value is -1.59. The first-order valence-electron chi connectivity index (χ1n) is 5.76. The number of anilines is 1. The van der Waals surface area contributed by atoms with Gasteiger partial charge < -0.3 is 9.80 Å². The lowest BCUT2D eigenvalue weighted by Crippen LogP contribution is -2.54. The van der Waals surface area contributed by atoms with Crippen LogP contribution in [-0.2, 0) is 9.63 Å². The van der Waals surface area contributed by atoms with Crippen molar-refractivity contribution in [1.29, 1.82) is 0 Å². The molecule has 1 saturated heterocycles. The van der Waals surface area contributed by atoms with Crippen LogP contribution in [0.4, 0.5) is 5.69 Å². The second kappa shape index (κ2) is 5.65. The summed E-state index contributed by atoms with van der Waals surface area (Å²) in [5.41, 5.74) is 1.22. The summed E-state index contributed by atoms with van der Waals surface area (Å²) in [5, 5.41) is 0. The number of carbonyl (C=O) groups is 1. The molecule has 0 saturated carbocycles. The first-order valence-corrected chi connectivity index (χ1v) is 5.76. The highest BCUT2D eigenvalue weighted by molar-refractivity contribution is 5.77. The largest absolute Gasteiger partial charge is 0.368 e. The Balaban J connectivity index is 1.88. The van der Waals surface area contributed by atoms with Crippen molar-refractivity contribution in [3.8, 4) is 0 Å². The number of quaternary nitrogens is 1. The molecule has 5 heteroatoms. The van der Waals surface area contributed by atoms with Crippen LogP contribution < -0.4 is 10.8 Å². The quantitative estimate of drug-likeness (QED) is 0.720. The van der Waals surface area contributed by atoms with E-state index in [4.69, 9.17) is 0 Å². The van der Waals surface area contributed by atoms with Gasteiger partial charge >= 0.3 is 0 Å². The van der Waals surface area contributed by atoms with Gasteiger partial charge in [0, 0.05) is 31.9 Å². The van der Waals surface area contributed by atoms with E-state index in [0.717, 1.165) is 26.2 Å². The Morgan fingerprint density at radius 2 is 1.82 bits per heavy atom. The van der Waals surface area contributed by atoms with Crippen molar-refractivity contribution in [1.82, 2.24) is 4.90 Å². The molecule has 5 nitrogen and oxygen atoms in total. The maximum Gasteiger partial charge on any atom is 0.255 e. The highest BCUT2D eigenvalue weighted by atomic mass is 16.6. The summed E-state index contributed by atoms with van der Waals surface area (Å²) in [6.07, 6.45) is 0. The molecule has 1 aromatic rings. The van der Waals surface area contributed by atoms with Gasteiger partial charge in [-0.05, 0) is 12.1 Å². The van der Waals surface area contributed by atoms with Gasteiger partial charge in [0.2, 0.25) is 0 Å². The first kappa shape index (κ1) is 11.9. The van der Waals surface area contributed by atoms with Gasteiger partial charge in [-0.25, -0.2) is 5.90 Å². The highest BCUT2D eigenvalue weighted by Gasteiger charge is 2.21. The SMILES string of the molecule is [NH3+]OCC(=O)N1CCN(c2ccccc2)CC1. The van der Waals surface area contributed by atoms with Gasteiger partial charge in [0.15, 0.2) is 6.61 Å². The number of rotatable bonds is 3. The number of piperazine rings is 1. The van der Waals surface area contributed by atoms with E-state index in [1.165, 1.54) is 5.69 Å². The third-order valence-corrected chi connectivity index (χ3v) is 2.98. The van der Waals surface area contributed by atoms with Gasteiger partial charge in [0.25, 0.3) is 5.91 Å². The van der Waals surface area contributed by atoms with E-state index in [0.29, 0.717) is 0 Å².